The molecule has 1 nitrogen and oxygen atoms in total. The molecule has 0 saturated carbocycles. The summed E-state index contributed by atoms with van der Waals surface area (Å²) in [5.74, 6) is 0. The lowest BCUT2D eigenvalue weighted by atomic mass is 10.0. The van der Waals surface area contributed by atoms with Gasteiger partial charge in [-0.15, -0.1) is 0 Å². The van der Waals surface area contributed by atoms with Crippen LogP contribution in [0, 0.1) is 6.92 Å². The standard InChI is InChI=1S/C47H29Br4N/c1-28-2-12-35(13-3-28)52(36-14-4-29(5-15-36)22-42-44-24-31(48)8-18-38(44)39-19-9-32(49)25-45(39)42)37-16-6-30(7-17-37)23-43-46-26-33(50)10-20-40(46)41-21-11-34(51)27-47(41)43/h2-27H,1H3. The Morgan fingerprint density at radius 3 is 0.942 bits per heavy atom. The first kappa shape index (κ1) is 33.6. The minimum atomic E-state index is 1.08. The molecule has 0 atom stereocenters. The van der Waals surface area contributed by atoms with E-state index in [1.165, 1.54) is 61.2 Å². The van der Waals surface area contributed by atoms with Gasteiger partial charge in [0.2, 0.25) is 0 Å². The van der Waals surface area contributed by atoms with Crippen LogP contribution in [0.15, 0.2) is 163 Å². The van der Waals surface area contributed by atoms with Crippen molar-refractivity contribution in [1.82, 2.24) is 0 Å². The van der Waals surface area contributed by atoms with Gasteiger partial charge in [0, 0.05) is 35.0 Å². The maximum Gasteiger partial charge on any atom is 0.0462 e. The van der Waals surface area contributed by atoms with E-state index in [0.29, 0.717) is 0 Å². The molecule has 0 radical (unpaired) electrons. The summed E-state index contributed by atoms with van der Waals surface area (Å²) in [4.78, 5) is 2.33. The number of rotatable bonds is 5. The van der Waals surface area contributed by atoms with Crippen molar-refractivity contribution in [2.45, 2.75) is 6.92 Å². The van der Waals surface area contributed by atoms with Gasteiger partial charge in [-0.3, -0.25) is 0 Å². The summed E-state index contributed by atoms with van der Waals surface area (Å²) in [7, 11) is 0. The predicted molar refractivity (Wildman–Crippen MR) is 234 cm³/mol. The highest BCUT2D eigenvalue weighted by Crippen LogP contribution is 2.48. The maximum atomic E-state index is 3.71. The Kier molecular flexibility index (Phi) is 8.79. The molecular weight excluding hydrogens is 898 g/mol. The summed E-state index contributed by atoms with van der Waals surface area (Å²) in [5, 5.41) is 0. The number of benzene rings is 7. The van der Waals surface area contributed by atoms with Gasteiger partial charge in [-0.05, 0) is 171 Å². The lowest BCUT2D eigenvalue weighted by Gasteiger charge is -2.26. The Morgan fingerprint density at radius 1 is 0.346 bits per heavy atom. The van der Waals surface area contributed by atoms with Crippen LogP contribution in [-0.2, 0) is 0 Å². The first-order chi connectivity index (χ1) is 25.3. The molecule has 5 heteroatoms. The maximum absolute atomic E-state index is 3.71. The van der Waals surface area contributed by atoms with Gasteiger partial charge in [-0.2, -0.15) is 0 Å². The topological polar surface area (TPSA) is 3.24 Å². The van der Waals surface area contributed by atoms with Crippen molar-refractivity contribution in [1.29, 1.82) is 0 Å². The van der Waals surface area contributed by atoms with Crippen LogP contribution in [0.3, 0.4) is 0 Å². The van der Waals surface area contributed by atoms with Crippen molar-refractivity contribution in [3.8, 4) is 22.3 Å². The number of nitrogens with zero attached hydrogens (tertiary/aromatic N) is 1. The first-order valence-electron chi connectivity index (χ1n) is 17.0. The van der Waals surface area contributed by atoms with Crippen LogP contribution >= 0.6 is 63.7 Å². The van der Waals surface area contributed by atoms with E-state index in [-0.39, 0.29) is 0 Å². The summed E-state index contributed by atoms with van der Waals surface area (Å²) in [6.45, 7) is 2.13. The first-order valence-corrected chi connectivity index (χ1v) is 20.2. The minimum absolute atomic E-state index is 1.08. The van der Waals surface area contributed by atoms with E-state index in [1.54, 1.807) is 0 Å². The van der Waals surface area contributed by atoms with E-state index in [2.05, 4.69) is 233 Å². The molecule has 0 amide bonds. The highest BCUT2D eigenvalue weighted by atomic mass is 79.9. The molecule has 0 bridgehead atoms. The molecule has 0 saturated heterocycles. The number of hydrogen-bond acceptors (Lipinski definition) is 1. The summed E-state index contributed by atoms with van der Waals surface area (Å²) < 4.78 is 4.31. The van der Waals surface area contributed by atoms with E-state index >= 15 is 0 Å². The molecule has 7 aromatic carbocycles. The zero-order valence-electron chi connectivity index (χ0n) is 28.0. The highest BCUT2D eigenvalue weighted by molar-refractivity contribution is 9.11. The lowest BCUT2D eigenvalue weighted by molar-refractivity contribution is 1.27. The van der Waals surface area contributed by atoms with Crippen molar-refractivity contribution in [3.05, 3.63) is 202 Å². The average Bonchev–Trinajstić information content (AvgIpc) is 3.60. The van der Waals surface area contributed by atoms with Crippen LogP contribution in [0.4, 0.5) is 17.1 Å². The molecule has 52 heavy (non-hydrogen) atoms. The van der Waals surface area contributed by atoms with Crippen molar-refractivity contribution >= 4 is 104 Å². The fourth-order valence-corrected chi connectivity index (χ4v) is 8.86. The largest absolute Gasteiger partial charge is 0.311 e. The van der Waals surface area contributed by atoms with Crippen molar-refractivity contribution in [2.24, 2.45) is 0 Å². The molecule has 0 spiro atoms. The van der Waals surface area contributed by atoms with Crippen LogP contribution in [0.5, 0.6) is 0 Å². The SMILES string of the molecule is Cc1ccc(N(c2ccc(C=C3c4cc(Br)ccc4-c4ccc(Br)cc43)cc2)c2ccc(C=C3c4cc(Br)ccc4-c4ccc(Br)cc43)cc2)cc1. The third kappa shape index (κ3) is 6.18. The normalized spacial score (nSPS) is 12.2. The molecular formula is C47H29Br4N. The summed E-state index contributed by atoms with van der Waals surface area (Å²) in [6, 6.07) is 52.8. The highest BCUT2D eigenvalue weighted by Gasteiger charge is 2.25. The Bertz CT molecular complexity index is 2330. The molecule has 0 heterocycles. The molecule has 0 aliphatic heterocycles. The zero-order chi connectivity index (χ0) is 35.5. The Balaban J connectivity index is 1.08. The van der Waals surface area contributed by atoms with Crippen LogP contribution < -0.4 is 4.90 Å². The van der Waals surface area contributed by atoms with Gasteiger partial charge < -0.3 is 4.90 Å². The number of anilines is 3. The predicted octanol–water partition coefficient (Wildman–Crippen LogP) is 15.7. The average molecular weight is 927 g/mol. The van der Waals surface area contributed by atoms with Gasteiger partial charge in [0.25, 0.3) is 0 Å². The zero-order valence-corrected chi connectivity index (χ0v) is 34.3. The molecule has 0 aromatic heterocycles. The molecule has 7 aromatic rings. The van der Waals surface area contributed by atoms with Crippen LogP contribution in [-0.4, -0.2) is 0 Å². The second-order valence-corrected chi connectivity index (χ2v) is 16.9. The van der Waals surface area contributed by atoms with E-state index in [0.717, 1.165) is 46.1 Å². The van der Waals surface area contributed by atoms with E-state index < -0.39 is 0 Å². The van der Waals surface area contributed by atoms with Crippen molar-refractivity contribution in [2.75, 3.05) is 4.90 Å². The monoisotopic (exact) mass is 923 g/mol. The lowest BCUT2D eigenvalue weighted by Crippen LogP contribution is -2.09. The quantitative estimate of drug-likeness (QED) is 0.166. The molecule has 2 aliphatic rings. The van der Waals surface area contributed by atoms with Gasteiger partial charge in [-0.1, -0.05) is 130 Å². The minimum Gasteiger partial charge on any atom is -0.311 e. The third-order valence-corrected chi connectivity index (χ3v) is 11.9. The smallest absolute Gasteiger partial charge is 0.0462 e. The van der Waals surface area contributed by atoms with E-state index in [1.807, 2.05) is 0 Å². The van der Waals surface area contributed by atoms with Crippen molar-refractivity contribution < 1.29 is 0 Å². The number of aryl methyl sites for hydroxylation is 1. The summed E-state index contributed by atoms with van der Waals surface area (Å²) >= 11 is 14.8. The van der Waals surface area contributed by atoms with E-state index in [4.69, 9.17) is 0 Å². The summed E-state index contributed by atoms with van der Waals surface area (Å²) in [6.07, 6.45) is 4.62. The van der Waals surface area contributed by atoms with Crippen LogP contribution in [0.2, 0.25) is 0 Å². The van der Waals surface area contributed by atoms with Crippen LogP contribution in [0.1, 0.15) is 38.9 Å². The molecule has 250 valence electrons. The van der Waals surface area contributed by atoms with Gasteiger partial charge in [-0.25, -0.2) is 0 Å². The van der Waals surface area contributed by atoms with Gasteiger partial charge in [0.05, 0.1) is 0 Å². The number of hydrogen-bond donors (Lipinski definition) is 0. The number of fused-ring (bicyclic) bond motifs is 6. The Labute approximate surface area is 337 Å². The molecule has 0 fully saturated rings. The van der Waals surface area contributed by atoms with Gasteiger partial charge in [0.1, 0.15) is 0 Å². The number of halogens is 4. The second kappa shape index (κ2) is 13.6. The van der Waals surface area contributed by atoms with E-state index in [9.17, 15) is 0 Å². The molecule has 9 rings (SSSR count). The molecule has 2 aliphatic carbocycles. The van der Waals surface area contributed by atoms with Crippen LogP contribution in [0.25, 0.3) is 45.6 Å². The molecule has 0 unspecified atom stereocenters. The second-order valence-electron chi connectivity index (χ2n) is 13.2. The third-order valence-electron chi connectivity index (χ3n) is 9.88. The fraction of sp³-hybridized carbons (Fsp3) is 0.0213. The summed E-state index contributed by atoms with van der Waals surface area (Å²) in [5.41, 5.74) is 19.3. The fourth-order valence-electron chi connectivity index (χ4n) is 7.41. The van der Waals surface area contributed by atoms with Gasteiger partial charge in [0.15, 0.2) is 0 Å². The van der Waals surface area contributed by atoms with Gasteiger partial charge >= 0.3 is 0 Å². The molecule has 0 N–H and O–H groups in total. The Morgan fingerprint density at radius 2 is 0.635 bits per heavy atom. The van der Waals surface area contributed by atoms with Crippen molar-refractivity contribution in [3.63, 3.8) is 0 Å². The Hall–Kier alpha value is -4.26.